The van der Waals surface area contributed by atoms with Gasteiger partial charge < -0.3 is 30.1 Å². The lowest BCUT2D eigenvalue weighted by molar-refractivity contribution is -0.384. The molecule has 0 radical (unpaired) electrons. The Kier molecular flexibility index (Phi) is 27.4. The fourth-order valence-electron chi connectivity index (χ4n) is 7.88. The van der Waals surface area contributed by atoms with E-state index >= 15 is 0 Å². The molecule has 0 atom stereocenters. The summed E-state index contributed by atoms with van der Waals surface area (Å²) in [7, 11) is -8.39. The van der Waals surface area contributed by atoms with E-state index < -0.39 is 53.1 Å². The smallest absolute Gasteiger partial charge is 0.272 e. The van der Waals surface area contributed by atoms with Crippen LogP contribution >= 0.6 is 33.0 Å². The number of hydrogen-bond donors (Lipinski definition) is 6. The summed E-state index contributed by atoms with van der Waals surface area (Å²) in [6, 6.07) is 32.0. The summed E-state index contributed by atoms with van der Waals surface area (Å²) in [5, 5.41) is 33.7. The van der Waals surface area contributed by atoms with Crippen LogP contribution in [-0.4, -0.2) is 115 Å². The van der Waals surface area contributed by atoms with Crippen molar-refractivity contribution in [3.05, 3.63) is 225 Å². The van der Waals surface area contributed by atoms with Crippen LogP contribution < -0.4 is 31.8 Å². The van der Waals surface area contributed by atoms with Crippen molar-refractivity contribution in [1.29, 1.82) is 0 Å². The quantitative estimate of drug-likeness (QED) is 0.0137. The van der Waals surface area contributed by atoms with Gasteiger partial charge in [0.25, 0.3) is 20.6 Å². The maximum atomic E-state index is 13.3. The van der Waals surface area contributed by atoms with E-state index in [4.69, 9.17) is 43.4 Å². The van der Waals surface area contributed by atoms with E-state index in [-0.39, 0.29) is 41.2 Å². The molecular formula is C58H64Cl3N15O13S5. The lowest BCUT2D eigenvalue weighted by Gasteiger charge is -2.13. The van der Waals surface area contributed by atoms with Crippen molar-refractivity contribution < 1.29 is 51.8 Å². The third-order valence-corrected chi connectivity index (χ3v) is 16.6. The minimum atomic E-state index is -3.80. The van der Waals surface area contributed by atoms with Crippen molar-refractivity contribution in [2.24, 2.45) is 15.4 Å². The van der Waals surface area contributed by atoms with Crippen LogP contribution in [0.1, 0.15) is 49.7 Å². The first-order chi connectivity index (χ1) is 43.8. The maximum Gasteiger partial charge on any atom is 0.272 e. The summed E-state index contributed by atoms with van der Waals surface area (Å²) in [4.78, 5) is 45.2. The number of nitro groups is 1. The number of nitrogens with zero attached hydrogens (tertiary/aromatic N) is 9. The molecular weight excluding hydrogens is 1380 g/mol. The Labute approximate surface area is 557 Å². The predicted octanol–water partition coefficient (Wildman–Crippen LogP) is 8.21. The van der Waals surface area contributed by atoms with Crippen molar-refractivity contribution >= 4 is 122 Å². The van der Waals surface area contributed by atoms with Gasteiger partial charge in [0, 0.05) is 115 Å². The number of anilines is 4. The zero-order valence-corrected chi connectivity index (χ0v) is 56.8. The number of hydrogen-bond acceptors (Lipinski definition) is 20. The monoisotopic (exact) mass is 1440 g/mol. The van der Waals surface area contributed by atoms with Crippen LogP contribution in [0.4, 0.5) is 28.7 Å². The number of sulfonamides is 3. The van der Waals surface area contributed by atoms with Crippen LogP contribution in [0.3, 0.4) is 0 Å². The number of non-ortho nitro benzene ring substituents is 1. The van der Waals surface area contributed by atoms with Gasteiger partial charge in [0.05, 0.1) is 69.6 Å². The van der Waals surface area contributed by atoms with E-state index in [9.17, 15) is 57.0 Å². The van der Waals surface area contributed by atoms with Crippen LogP contribution in [0.2, 0.25) is 0 Å². The lowest BCUT2D eigenvalue weighted by atomic mass is 10.1. The molecule has 10 N–H and O–H groups in total. The molecule has 4 aromatic heterocycles. The van der Waals surface area contributed by atoms with E-state index in [1.165, 1.54) is 24.5 Å². The number of amides is 1. The molecule has 0 fully saturated rings. The second-order valence-electron chi connectivity index (χ2n) is 20.1. The third kappa shape index (κ3) is 27.8. The second-order valence-corrected chi connectivity index (χ2v) is 30.8. The molecule has 0 bridgehead atoms. The van der Waals surface area contributed by atoms with Gasteiger partial charge >= 0.3 is 0 Å². The highest BCUT2D eigenvalue weighted by Gasteiger charge is 2.16. The molecule has 0 aliphatic carbocycles. The van der Waals surface area contributed by atoms with Gasteiger partial charge in [-0.3, -0.25) is 14.9 Å². The first-order valence-electron chi connectivity index (χ1n) is 27.0. The number of halogens is 3. The maximum absolute atomic E-state index is 13.3. The molecule has 500 valence electrons. The Morgan fingerprint density at radius 1 is 0.660 bits per heavy atom. The van der Waals surface area contributed by atoms with Gasteiger partial charge in [-0.15, -0.1) is 11.6 Å². The van der Waals surface area contributed by atoms with Gasteiger partial charge in [0.1, 0.15) is 0 Å². The van der Waals surface area contributed by atoms with Crippen LogP contribution in [0, 0.1) is 37.8 Å². The van der Waals surface area contributed by atoms with Gasteiger partial charge in [-0.25, -0.2) is 82.4 Å². The Morgan fingerprint density at radius 3 is 1.64 bits per heavy atom. The number of nitrogens with two attached hydrogens (primary N) is 4. The van der Waals surface area contributed by atoms with E-state index in [2.05, 4.69) is 52.8 Å². The Balaban J connectivity index is 0.000000252. The summed E-state index contributed by atoms with van der Waals surface area (Å²) >= 11 is 5.02. The van der Waals surface area contributed by atoms with Gasteiger partial charge in [-0.1, -0.05) is 43.0 Å². The molecule has 94 heavy (non-hydrogen) atoms. The number of nitrogen functional groups attached to an aromatic ring is 1. The molecule has 0 saturated heterocycles. The zero-order valence-electron chi connectivity index (χ0n) is 50.4. The average Bonchev–Trinajstić information content (AvgIpc) is 0.957. The number of carbonyl (C=O) groups excluding carboxylic acids is 1. The average molecular weight is 1450 g/mol. The third-order valence-electron chi connectivity index (χ3n) is 12.2. The molecule has 4 heterocycles. The summed E-state index contributed by atoms with van der Waals surface area (Å²) in [6.45, 7) is 10.4. The molecule has 0 aliphatic rings. The topological polar surface area (TPSA) is 438 Å². The van der Waals surface area contributed by atoms with Crippen LogP contribution in [-0.2, 0) is 61.0 Å². The molecule has 0 aliphatic heterocycles. The lowest BCUT2D eigenvalue weighted by Crippen LogP contribution is -2.18. The summed E-state index contributed by atoms with van der Waals surface area (Å²) in [5.74, 6) is -0.327. The molecule has 36 heteroatoms. The predicted molar refractivity (Wildman–Crippen MR) is 367 cm³/mol. The number of carbonyl (C=O) groups is 1. The molecule has 28 nitrogen and oxygen atoms in total. The molecule has 0 unspecified atom stereocenters. The standard InChI is InChI=1S/C30H29N7O3S.C12H12N4O4S.C12H16N4O2S.C2H4Cl2O2S.C2H3ClO2S/c1-20-8-9-24(16-28(20)36-30-32-12-10-27(35-30)23-6-4-3-5-7-23)29(38)34-25-14-22(11-13-41(31,39)40)15-26(17-25)37-18-21(2)33-19-37;1-9-7-15(8-14-9)11-4-10(2-3-21(13,19)20)5-12(6-11)16(17)18;1-9-7-16(8-15-9)12-5-10(4-11(13)6-12)2-3-19(14,17)18;3-1-2-7(4,5)6;1-2-6(3,4)5/h3-10,12,14-19H,11,13H2,1-2H3,(H,34,38)(H2,31,39,40)(H,32,35,36);2-8H,1H3,(H2,13,19,20);4-8H,2-3,13H2,1H3,(H2,14,17,18);1-2H2;2H,1H2/b;3-2+;;;. The normalized spacial score (nSPS) is 11.5. The van der Waals surface area contributed by atoms with Crippen LogP contribution in [0.25, 0.3) is 34.4 Å². The molecule has 0 saturated carbocycles. The minimum Gasteiger partial charge on any atom is -0.399 e. The number of aromatic nitrogens is 8. The van der Waals surface area contributed by atoms with Gasteiger partial charge in [-0.2, -0.15) is 0 Å². The number of benzene rings is 5. The fourth-order valence-corrected chi connectivity index (χ4v) is 10.5. The highest BCUT2D eigenvalue weighted by molar-refractivity contribution is 8.16. The number of nitrogens with one attached hydrogen (secondary N) is 2. The molecule has 9 rings (SSSR count). The Morgan fingerprint density at radius 2 is 1.18 bits per heavy atom. The van der Waals surface area contributed by atoms with Gasteiger partial charge in [-0.05, 0) is 130 Å². The van der Waals surface area contributed by atoms with Gasteiger partial charge in [0.15, 0.2) is 0 Å². The van der Waals surface area contributed by atoms with Gasteiger partial charge in [0.2, 0.25) is 45.1 Å². The Bertz CT molecular complexity index is 4770. The summed E-state index contributed by atoms with van der Waals surface area (Å²) in [5.41, 5.74) is 17.0. The number of primary sulfonamides is 3. The number of imidazole rings is 3. The van der Waals surface area contributed by atoms with Crippen molar-refractivity contribution in [1.82, 2.24) is 38.6 Å². The van der Waals surface area contributed by atoms with Crippen molar-refractivity contribution in [3.8, 4) is 28.3 Å². The SMILES string of the molecule is C=CS(=O)(=O)Cl.Cc1cn(-c2cc(/C=C/S(N)(=O)=O)cc([N+](=O)[O-])c2)cn1.Cc1cn(-c2cc(CCS(N)(=O)=O)cc(NC(=O)c3ccc(C)c(Nc4nccc(-c5ccccc5)n4)c3)c2)cn1.Cc1cn(-c2cc(N)cc(CCS(N)(=O)=O)c2)cn1.O=S(=O)(Cl)CCCl. The van der Waals surface area contributed by atoms with Crippen molar-refractivity contribution in [3.63, 3.8) is 0 Å². The van der Waals surface area contributed by atoms with E-state index in [1.54, 1.807) is 72.9 Å². The van der Waals surface area contributed by atoms with Crippen molar-refractivity contribution in [2.45, 2.75) is 40.5 Å². The molecule has 0 spiro atoms. The first kappa shape index (κ1) is 76.0. The molecule has 9 aromatic rings. The number of nitro benzene ring substituents is 1. The molecule has 5 aromatic carbocycles. The van der Waals surface area contributed by atoms with E-state index in [1.807, 2.05) is 103 Å². The summed E-state index contributed by atoms with van der Waals surface area (Å²) < 4.78 is 111. The number of alkyl halides is 1. The highest BCUT2D eigenvalue weighted by atomic mass is 35.7. The van der Waals surface area contributed by atoms with E-state index in [0.29, 0.717) is 57.2 Å². The number of aryl methyl sites for hydroxylation is 6. The highest BCUT2D eigenvalue weighted by Crippen LogP contribution is 2.26. The molecule has 1 amide bonds. The van der Waals surface area contributed by atoms with Crippen LogP contribution in [0.5, 0.6) is 0 Å². The zero-order chi connectivity index (χ0) is 69.8. The van der Waals surface area contributed by atoms with E-state index in [0.717, 1.165) is 56.2 Å². The summed E-state index contributed by atoms with van der Waals surface area (Å²) in [6.07, 6.45) is 13.7. The second kappa shape index (κ2) is 33.9. The first-order valence-corrected chi connectivity index (χ1v) is 37.5. The fraction of sp³-hybridized carbons (Fsp3) is 0.172. The Hall–Kier alpha value is -8.74. The minimum absolute atomic E-state index is 0.0613. The van der Waals surface area contributed by atoms with Crippen molar-refractivity contribution in [2.75, 3.05) is 39.5 Å². The number of rotatable bonds is 20. The van der Waals surface area contributed by atoms with Crippen LogP contribution in [0.15, 0.2) is 170 Å². The largest absolute Gasteiger partial charge is 0.399 e.